The van der Waals surface area contributed by atoms with Crippen LogP contribution in [0.25, 0.3) is 10.9 Å². The van der Waals surface area contributed by atoms with E-state index in [4.69, 9.17) is 0 Å². The standard InChI is InChI=1S/C29H33N5O4S/c1-29(12-5-2-6-13-29)39(37,38)34-21-24(26-10-3-4-11-27(26)34)20-32-14-16-33(17-15-32)22-28(36)31-30-19-23-8-7-9-25(35)18-23/h2-12,18-19,21,35H,13-17,20,22H2,1H3,(H,31,36)/b30-19-. The lowest BCUT2D eigenvalue weighted by molar-refractivity contribution is -0.122. The molecule has 5 rings (SSSR count). The van der Waals surface area contributed by atoms with Crippen LogP contribution in [0.3, 0.4) is 0 Å². The van der Waals surface area contributed by atoms with E-state index in [-0.39, 0.29) is 18.2 Å². The minimum Gasteiger partial charge on any atom is -0.508 e. The first-order chi connectivity index (χ1) is 18.7. The van der Waals surface area contributed by atoms with Crippen molar-refractivity contribution in [2.75, 3.05) is 32.7 Å². The van der Waals surface area contributed by atoms with E-state index in [0.29, 0.717) is 24.0 Å². The molecule has 204 valence electrons. The predicted molar refractivity (Wildman–Crippen MR) is 153 cm³/mol. The molecule has 1 aliphatic heterocycles. The minimum absolute atomic E-state index is 0.141. The van der Waals surface area contributed by atoms with Crippen LogP contribution >= 0.6 is 0 Å². The summed E-state index contributed by atoms with van der Waals surface area (Å²) < 4.78 is 27.9. The van der Waals surface area contributed by atoms with Crippen LogP contribution in [0.15, 0.2) is 84.1 Å². The van der Waals surface area contributed by atoms with E-state index in [1.807, 2.05) is 36.4 Å². The number of amides is 1. The van der Waals surface area contributed by atoms with Gasteiger partial charge in [0.25, 0.3) is 5.91 Å². The molecule has 1 fully saturated rings. The smallest absolute Gasteiger partial charge is 0.254 e. The Balaban J connectivity index is 1.20. The molecule has 2 aromatic carbocycles. The lowest BCUT2D eigenvalue weighted by atomic mass is 10.0. The van der Waals surface area contributed by atoms with Crippen LogP contribution in [-0.2, 0) is 21.4 Å². The summed E-state index contributed by atoms with van der Waals surface area (Å²) >= 11 is 0. The van der Waals surface area contributed by atoms with Crippen LogP contribution in [0.5, 0.6) is 5.75 Å². The van der Waals surface area contributed by atoms with Gasteiger partial charge in [-0.1, -0.05) is 54.6 Å². The SMILES string of the molecule is CC1(S(=O)(=O)n2cc(CN3CCN(CC(=O)N/N=C\c4cccc(O)c4)CC3)c3ccccc32)C=CC=CC1. The Bertz CT molecular complexity index is 1550. The van der Waals surface area contributed by atoms with Crippen LogP contribution in [0.4, 0.5) is 0 Å². The third kappa shape index (κ3) is 5.83. The Morgan fingerprint density at radius 2 is 1.85 bits per heavy atom. The molecule has 1 atom stereocenters. The van der Waals surface area contributed by atoms with E-state index in [1.54, 1.807) is 49.5 Å². The average Bonchev–Trinajstić information content (AvgIpc) is 3.29. The number of para-hydroxylation sites is 1. The van der Waals surface area contributed by atoms with Gasteiger partial charge >= 0.3 is 0 Å². The number of nitrogens with zero attached hydrogens (tertiary/aromatic N) is 4. The lowest BCUT2D eigenvalue weighted by Gasteiger charge is -2.34. The van der Waals surface area contributed by atoms with Gasteiger partial charge in [-0.2, -0.15) is 5.10 Å². The van der Waals surface area contributed by atoms with Crippen molar-refractivity contribution in [3.8, 4) is 5.75 Å². The first-order valence-corrected chi connectivity index (χ1v) is 14.4. The number of carbonyl (C=O) groups is 1. The molecule has 0 bridgehead atoms. The number of fused-ring (bicyclic) bond motifs is 1. The average molecular weight is 548 g/mol. The summed E-state index contributed by atoms with van der Waals surface area (Å²) in [6.45, 7) is 5.59. The van der Waals surface area contributed by atoms with Crippen molar-refractivity contribution in [1.29, 1.82) is 0 Å². The number of phenolic OH excluding ortho intramolecular Hbond substituents is 1. The van der Waals surface area contributed by atoms with Gasteiger partial charge in [0.05, 0.1) is 18.3 Å². The minimum atomic E-state index is -3.67. The molecule has 1 saturated heterocycles. The summed E-state index contributed by atoms with van der Waals surface area (Å²) in [5.41, 5.74) is 4.90. The van der Waals surface area contributed by atoms with E-state index >= 15 is 0 Å². The van der Waals surface area contributed by atoms with Crippen LogP contribution in [0.2, 0.25) is 0 Å². The second kappa shape index (κ2) is 11.2. The first kappa shape index (κ1) is 26.9. The number of hydrogen-bond donors (Lipinski definition) is 2. The Labute approximate surface area is 228 Å². The van der Waals surface area contributed by atoms with Crippen molar-refractivity contribution in [3.63, 3.8) is 0 Å². The third-order valence-corrected chi connectivity index (χ3v) is 9.63. The van der Waals surface area contributed by atoms with Crippen molar-refractivity contribution >= 4 is 33.0 Å². The van der Waals surface area contributed by atoms with Gasteiger partial charge in [-0.3, -0.25) is 14.6 Å². The molecule has 39 heavy (non-hydrogen) atoms. The zero-order valence-corrected chi connectivity index (χ0v) is 22.7. The monoisotopic (exact) mass is 547 g/mol. The molecule has 2 heterocycles. The van der Waals surface area contributed by atoms with Crippen LogP contribution in [-0.4, -0.2) is 76.9 Å². The van der Waals surface area contributed by atoms with Gasteiger partial charge in [-0.15, -0.1) is 0 Å². The fourth-order valence-electron chi connectivity index (χ4n) is 5.04. The van der Waals surface area contributed by atoms with Crippen LogP contribution < -0.4 is 5.43 Å². The molecular formula is C29H33N5O4S. The van der Waals surface area contributed by atoms with Gasteiger partial charge in [-0.05, 0) is 42.7 Å². The maximum Gasteiger partial charge on any atom is 0.254 e. The zero-order valence-electron chi connectivity index (χ0n) is 21.9. The largest absolute Gasteiger partial charge is 0.508 e. The number of aromatic hydroxyl groups is 1. The number of aromatic nitrogens is 1. The van der Waals surface area contributed by atoms with Crippen LogP contribution in [0, 0.1) is 0 Å². The first-order valence-electron chi connectivity index (χ1n) is 13.0. The van der Waals surface area contributed by atoms with E-state index in [9.17, 15) is 18.3 Å². The highest BCUT2D eigenvalue weighted by Crippen LogP contribution is 2.33. The number of nitrogens with one attached hydrogen (secondary N) is 1. The number of hydrogen-bond acceptors (Lipinski definition) is 7. The summed E-state index contributed by atoms with van der Waals surface area (Å²) in [6, 6.07) is 14.3. The maximum atomic E-state index is 13.7. The molecule has 1 amide bonds. The molecule has 9 nitrogen and oxygen atoms in total. The highest BCUT2D eigenvalue weighted by molar-refractivity contribution is 7.91. The van der Waals surface area contributed by atoms with Crippen molar-refractivity contribution in [1.82, 2.24) is 19.2 Å². The quantitative estimate of drug-likeness (QED) is 0.332. The van der Waals surface area contributed by atoms with E-state index in [2.05, 4.69) is 20.3 Å². The molecule has 0 spiro atoms. The van der Waals surface area contributed by atoms with Crippen molar-refractivity contribution in [3.05, 3.63) is 90.2 Å². The van der Waals surface area contributed by atoms with E-state index < -0.39 is 14.8 Å². The molecule has 1 aliphatic carbocycles. The summed E-state index contributed by atoms with van der Waals surface area (Å²) in [4.78, 5) is 16.7. The molecular weight excluding hydrogens is 514 g/mol. The molecule has 3 aromatic rings. The number of rotatable bonds is 8. The molecule has 0 radical (unpaired) electrons. The van der Waals surface area contributed by atoms with Crippen molar-refractivity contribution in [2.24, 2.45) is 5.10 Å². The molecule has 2 N–H and O–H groups in total. The number of allylic oxidation sites excluding steroid dienone is 3. The second-order valence-corrected chi connectivity index (χ2v) is 12.5. The van der Waals surface area contributed by atoms with Gasteiger partial charge in [0, 0.05) is 44.3 Å². The van der Waals surface area contributed by atoms with Gasteiger partial charge in [0.2, 0.25) is 10.0 Å². The van der Waals surface area contributed by atoms with Gasteiger partial charge in [-0.25, -0.2) is 17.8 Å². The molecule has 0 saturated carbocycles. The number of piperazine rings is 1. The van der Waals surface area contributed by atoms with Crippen molar-refractivity contribution in [2.45, 2.75) is 24.6 Å². The van der Waals surface area contributed by atoms with E-state index in [1.165, 1.54) is 10.2 Å². The van der Waals surface area contributed by atoms with Gasteiger partial charge < -0.3 is 5.11 Å². The summed E-state index contributed by atoms with van der Waals surface area (Å²) in [5, 5.41) is 14.4. The molecule has 10 heteroatoms. The normalized spacial score (nSPS) is 20.6. The summed E-state index contributed by atoms with van der Waals surface area (Å²) in [7, 11) is -3.67. The number of hydrazone groups is 1. The summed E-state index contributed by atoms with van der Waals surface area (Å²) in [6.07, 6.45) is 11.0. The fourth-order valence-corrected chi connectivity index (χ4v) is 6.73. The van der Waals surface area contributed by atoms with Crippen molar-refractivity contribution < 1.29 is 18.3 Å². The highest BCUT2D eigenvalue weighted by Gasteiger charge is 2.39. The summed E-state index contributed by atoms with van der Waals surface area (Å²) in [5.74, 6) is -0.0596. The number of carbonyl (C=O) groups excluding carboxylic acids is 1. The predicted octanol–water partition coefficient (Wildman–Crippen LogP) is 3.07. The molecule has 2 aliphatic rings. The second-order valence-electron chi connectivity index (χ2n) is 10.2. The van der Waals surface area contributed by atoms with Gasteiger partial charge in [0.15, 0.2) is 0 Å². The van der Waals surface area contributed by atoms with Crippen LogP contribution in [0.1, 0.15) is 24.5 Å². The molecule has 1 unspecified atom stereocenters. The Kier molecular flexibility index (Phi) is 7.69. The highest BCUT2D eigenvalue weighted by atomic mass is 32.2. The third-order valence-electron chi connectivity index (χ3n) is 7.33. The topological polar surface area (TPSA) is 107 Å². The lowest BCUT2D eigenvalue weighted by Crippen LogP contribution is -2.48. The Hall–Kier alpha value is -3.73. The van der Waals surface area contributed by atoms with Gasteiger partial charge in [0.1, 0.15) is 10.5 Å². The van der Waals surface area contributed by atoms with E-state index in [0.717, 1.165) is 37.1 Å². The number of benzene rings is 2. The molecule has 1 aromatic heterocycles. The number of phenols is 1. The maximum absolute atomic E-state index is 13.7. The Morgan fingerprint density at radius 1 is 1.08 bits per heavy atom. The fraction of sp³-hybridized carbons (Fsp3) is 0.310. The zero-order chi connectivity index (χ0) is 27.5. The Morgan fingerprint density at radius 3 is 2.59 bits per heavy atom.